The van der Waals surface area contributed by atoms with Crippen molar-refractivity contribution in [2.24, 2.45) is 0 Å². The Labute approximate surface area is 153 Å². The molecule has 0 fully saturated rings. The van der Waals surface area contributed by atoms with Crippen molar-refractivity contribution in [3.8, 4) is 11.5 Å². The van der Waals surface area contributed by atoms with E-state index in [0.29, 0.717) is 35.2 Å². The predicted octanol–water partition coefficient (Wildman–Crippen LogP) is 3.22. The summed E-state index contributed by atoms with van der Waals surface area (Å²) in [5.41, 5.74) is 0.647. The number of hydrogen-bond donors (Lipinski definition) is 1. The molecule has 1 atom stereocenters. The maximum Gasteiger partial charge on any atom is 0.331 e. The highest BCUT2D eigenvalue weighted by Gasteiger charge is 2.15. The fourth-order valence-corrected chi connectivity index (χ4v) is 2.20. The first-order chi connectivity index (χ1) is 11.9. The summed E-state index contributed by atoms with van der Waals surface area (Å²) in [7, 11) is 1.51. The van der Waals surface area contributed by atoms with Gasteiger partial charge in [-0.15, -0.1) is 0 Å². The first kappa shape index (κ1) is 20.8. The lowest BCUT2D eigenvalue weighted by atomic mass is 10.2. The number of hydrogen-bond acceptors (Lipinski definition) is 5. The Hall–Kier alpha value is -2.21. The third kappa shape index (κ3) is 6.66. The van der Waals surface area contributed by atoms with Gasteiger partial charge in [-0.1, -0.05) is 18.5 Å². The summed E-state index contributed by atoms with van der Waals surface area (Å²) >= 11 is 6.22. The molecule has 0 aliphatic heterocycles. The van der Waals surface area contributed by atoms with E-state index in [1.807, 2.05) is 6.92 Å². The molecule has 0 saturated heterocycles. The number of amides is 1. The monoisotopic (exact) mass is 369 g/mol. The maximum atomic E-state index is 11.8. The second-order valence-corrected chi connectivity index (χ2v) is 5.60. The summed E-state index contributed by atoms with van der Waals surface area (Å²) in [4.78, 5) is 23.3. The molecule has 0 bridgehead atoms. The average Bonchev–Trinajstić information content (AvgIpc) is 2.58. The van der Waals surface area contributed by atoms with Gasteiger partial charge in [-0.05, 0) is 44.0 Å². The van der Waals surface area contributed by atoms with Crippen molar-refractivity contribution >= 4 is 29.6 Å². The highest BCUT2D eigenvalue weighted by Crippen LogP contribution is 2.36. The van der Waals surface area contributed by atoms with Crippen LogP contribution in [0.2, 0.25) is 5.02 Å². The van der Waals surface area contributed by atoms with Gasteiger partial charge in [-0.25, -0.2) is 4.79 Å². The van der Waals surface area contributed by atoms with Crippen LogP contribution >= 0.6 is 11.6 Å². The molecule has 1 amide bonds. The number of benzene rings is 1. The molecule has 25 heavy (non-hydrogen) atoms. The molecule has 0 unspecified atom stereocenters. The van der Waals surface area contributed by atoms with Gasteiger partial charge in [0.25, 0.3) is 5.91 Å². The minimum Gasteiger partial charge on any atom is -0.493 e. The molecule has 0 saturated carbocycles. The van der Waals surface area contributed by atoms with Crippen molar-refractivity contribution in [2.45, 2.75) is 33.3 Å². The van der Waals surface area contributed by atoms with E-state index in [4.69, 9.17) is 25.8 Å². The molecule has 1 aromatic rings. The fourth-order valence-electron chi connectivity index (χ4n) is 1.93. The summed E-state index contributed by atoms with van der Waals surface area (Å²) in [6, 6.07) is 3.36. The maximum absolute atomic E-state index is 11.8. The van der Waals surface area contributed by atoms with E-state index in [1.54, 1.807) is 19.1 Å². The van der Waals surface area contributed by atoms with Crippen molar-refractivity contribution in [1.29, 1.82) is 0 Å². The first-order valence-corrected chi connectivity index (χ1v) is 8.47. The van der Waals surface area contributed by atoms with Gasteiger partial charge in [-0.2, -0.15) is 0 Å². The number of carbonyl (C=O) groups excluding carboxylic acids is 2. The number of ether oxygens (including phenoxy) is 3. The van der Waals surface area contributed by atoms with E-state index in [-0.39, 0.29) is 5.91 Å². The van der Waals surface area contributed by atoms with E-state index in [0.717, 1.165) is 6.42 Å². The molecule has 1 N–H and O–H groups in total. The number of methoxy groups -OCH3 is 1. The van der Waals surface area contributed by atoms with Crippen LogP contribution in [0.1, 0.15) is 32.8 Å². The highest BCUT2D eigenvalue weighted by molar-refractivity contribution is 6.32. The third-order valence-electron chi connectivity index (χ3n) is 3.13. The molecule has 1 rings (SSSR count). The van der Waals surface area contributed by atoms with Gasteiger partial charge >= 0.3 is 5.97 Å². The smallest absolute Gasteiger partial charge is 0.331 e. The molecule has 0 aromatic heterocycles. The fraction of sp³-hybridized carbons (Fsp3) is 0.444. The number of carbonyl (C=O) groups is 2. The topological polar surface area (TPSA) is 73.9 Å². The van der Waals surface area contributed by atoms with Gasteiger partial charge in [0.2, 0.25) is 0 Å². The second kappa shape index (κ2) is 10.6. The van der Waals surface area contributed by atoms with Gasteiger partial charge in [-0.3, -0.25) is 4.79 Å². The van der Waals surface area contributed by atoms with Gasteiger partial charge < -0.3 is 19.5 Å². The predicted molar refractivity (Wildman–Crippen MR) is 97.1 cm³/mol. The summed E-state index contributed by atoms with van der Waals surface area (Å²) in [6.45, 7) is 6.29. The number of esters is 1. The summed E-state index contributed by atoms with van der Waals surface area (Å²) in [5, 5.41) is 2.97. The largest absolute Gasteiger partial charge is 0.493 e. The van der Waals surface area contributed by atoms with Crippen LogP contribution in [0.3, 0.4) is 0 Å². The van der Waals surface area contributed by atoms with Crippen LogP contribution in [-0.2, 0) is 14.3 Å². The van der Waals surface area contributed by atoms with E-state index < -0.39 is 12.1 Å². The molecule has 0 aliphatic rings. The summed E-state index contributed by atoms with van der Waals surface area (Å²) in [6.07, 6.45) is 2.75. The molecule has 0 aliphatic carbocycles. The van der Waals surface area contributed by atoms with Crippen molar-refractivity contribution < 1.29 is 23.8 Å². The zero-order valence-electron chi connectivity index (χ0n) is 14.9. The normalized spacial score (nSPS) is 11.9. The van der Waals surface area contributed by atoms with Crippen LogP contribution in [-0.4, -0.2) is 38.2 Å². The van der Waals surface area contributed by atoms with E-state index in [2.05, 4.69) is 5.32 Å². The molecule has 6 nitrogen and oxygen atoms in total. The molecule has 0 radical (unpaired) electrons. The van der Waals surface area contributed by atoms with Gasteiger partial charge in [0.1, 0.15) is 0 Å². The lowest BCUT2D eigenvalue weighted by Crippen LogP contribution is -2.35. The van der Waals surface area contributed by atoms with E-state index >= 15 is 0 Å². The SMILES string of the molecule is CCCOc1c(Cl)cc(/C=C/C(=O)O[C@H](C)C(=O)NCC)cc1OC. The van der Waals surface area contributed by atoms with Crippen molar-refractivity contribution in [3.63, 3.8) is 0 Å². The molecule has 138 valence electrons. The van der Waals surface area contributed by atoms with Crippen LogP contribution < -0.4 is 14.8 Å². The number of nitrogens with one attached hydrogen (secondary N) is 1. The van der Waals surface area contributed by atoms with E-state index in [9.17, 15) is 9.59 Å². The molecule has 0 heterocycles. The van der Waals surface area contributed by atoms with Crippen molar-refractivity contribution in [2.75, 3.05) is 20.3 Å². The lowest BCUT2D eigenvalue weighted by molar-refractivity contribution is -0.150. The Morgan fingerprint density at radius 2 is 2.04 bits per heavy atom. The average molecular weight is 370 g/mol. The van der Waals surface area contributed by atoms with Crippen molar-refractivity contribution in [1.82, 2.24) is 5.32 Å². The Morgan fingerprint density at radius 1 is 1.32 bits per heavy atom. The van der Waals surface area contributed by atoms with Gasteiger partial charge in [0.15, 0.2) is 17.6 Å². The Bertz CT molecular complexity index is 630. The Balaban J connectivity index is 2.81. The van der Waals surface area contributed by atoms with Gasteiger partial charge in [0.05, 0.1) is 18.7 Å². The van der Waals surface area contributed by atoms with Crippen LogP contribution in [0.25, 0.3) is 6.08 Å². The number of rotatable bonds is 9. The lowest BCUT2D eigenvalue weighted by Gasteiger charge is -2.13. The van der Waals surface area contributed by atoms with Crippen LogP contribution in [0.15, 0.2) is 18.2 Å². The number of likely N-dealkylation sites (N-methyl/N-ethyl adjacent to an activating group) is 1. The zero-order chi connectivity index (χ0) is 18.8. The van der Waals surface area contributed by atoms with Crippen LogP contribution in [0.4, 0.5) is 0 Å². The Kier molecular flexibility index (Phi) is 8.84. The van der Waals surface area contributed by atoms with Crippen LogP contribution in [0, 0.1) is 0 Å². The minimum atomic E-state index is -0.861. The Morgan fingerprint density at radius 3 is 2.64 bits per heavy atom. The van der Waals surface area contributed by atoms with Gasteiger partial charge in [0, 0.05) is 12.6 Å². The highest BCUT2D eigenvalue weighted by atomic mass is 35.5. The van der Waals surface area contributed by atoms with E-state index in [1.165, 1.54) is 26.2 Å². The summed E-state index contributed by atoms with van der Waals surface area (Å²) < 4.78 is 15.9. The molecule has 0 spiro atoms. The first-order valence-electron chi connectivity index (χ1n) is 8.09. The quantitative estimate of drug-likeness (QED) is 0.534. The standard InChI is InChI=1S/C18H24ClNO5/c1-5-9-24-17-14(19)10-13(11-15(17)23-4)7-8-16(21)25-12(3)18(22)20-6-2/h7-8,10-12H,5-6,9H2,1-4H3,(H,20,22)/b8-7+/t12-/m1/s1. The van der Waals surface area contributed by atoms with Crippen molar-refractivity contribution in [3.05, 3.63) is 28.8 Å². The number of halogens is 1. The molecule has 1 aromatic carbocycles. The third-order valence-corrected chi connectivity index (χ3v) is 3.41. The summed E-state index contributed by atoms with van der Waals surface area (Å²) in [5.74, 6) is -0.0215. The molecular formula is C18H24ClNO5. The second-order valence-electron chi connectivity index (χ2n) is 5.19. The molecular weight excluding hydrogens is 346 g/mol. The minimum absolute atomic E-state index is 0.341. The zero-order valence-corrected chi connectivity index (χ0v) is 15.7. The van der Waals surface area contributed by atoms with Crippen LogP contribution in [0.5, 0.6) is 11.5 Å². The molecule has 7 heteroatoms.